The molecule has 0 saturated heterocycles. The van der Waals surface area contributed by atoms with E-state index in [2.05, 4.69) is 9.72 Å². The van der Waals surface area contributed by atoms with E-state index in [1.165, 1.54) is 14.0 Å². The summed E-state index contributed by atoms with van der Waals surface area (Å²) in [6, 6.07) is 2.22. The van der Waals surface area contributed by atoms with Crippen LogP contribution in [0.4, 0.5) is 0 Å². The summed E-state index contributed by atoms with van der Waals surface area (Å²) in [6.45, 7) is 1.30. The van der Waals surface area contributed by atoms with E-state index in [4.69, 9.17) is 0 Å². The number of rotatable bonds is 2. The zero-order valence-corrected chi connectivity index (χ0v) is 7.79. The highest BCUT2D eigenvalue weighted by molar-refractivity contribution is 5.94. The maximum Gasteiger partial charge on any atom is 0.354 e. The average Bonchev–Trinajstić information content (AvgIpc) is 2.15. The van der Waals surface area contributed by atoms with Crippen molar-refractivity contribution >= 4 is 11.8 Å². The van der Waals surface area contributed by atoms with Crippen LogP contribution >= 0.6 is 0 Å². The highest BCUT2D eigenvalue weighted by Crippen LogP contribution is 1.97. The molecule has 0 radical (unpaired) electrons. The molecule has 5 nitrogen and oxygen atoms in total. The van der Waals surface area contributed by atoms with Crippen molar-refractivity contribution in [1.29, 1.82) is 0 Å². The molecule has 1 aromatic rings. The number of esters is 1. The summed E-state index contributed by atoms with van der Waals surface area (Å²) < 4.78 is 4.41. The number of carbonyl (C=O) groups is 2. The molecule has 0 aliphatic heterocycles. The number of ether oxygens (including phenoxy) is 1. The number of hydrogen-bond acceptors (Lipinski definition) is 4. The monoisotopic (exact) mass is 195 g/mol. The first-order valence-electron chi connectivity index (χ1n) is 3.88. The van der Waals surface area contributed by atoms with Gasteiger partial charge in [-0.3, -0.25) is 9.59 Å². The molecule has 0 unspecified atom stereocenters. The fourth-order valence-electron chi connectivity index (χ4n) is 0.953. The zero-order valence-electron chi connectivity index (χ0n) is 7.79. The quantitative estimate of drug-likeness (QED) is 0.546. The minimum Gasteiger partial charge on any atom is -0.464 e. The molecule has 1 aromatic heterocycles. The minimum absolute atomic E-state index is 0.0230. The number of aromatic nitrogens is 1. The third-order valence-electron chi connectivity index (χ3n) is 1.63. The molecule has 0 spiro atoms. The Morgan fingerprint density at radius 2 is 1.86 bits per heavy atom. The molecule has 5 heteroatoms. The van der Waals surface area contributed by atoms with Gasteiger partial charge in [0.05, 0.1) is 12.8 Å². The third-order valence-corrected chi connectivity index (χ3v) is 1.63. The average molecular weight is 195 g/mol. The van der Waals surface area contributed by atoms with Gasteiger partial charge in [-0.2, -0.15) is 0 Å². The number of pyridine rings is 1. The molecule has 0 bridgehead atoms. The van der Waals surface area contributed by atoms with Gasteiger partial charge in [0, 0.05) is 19.1 Å². The van der Waals surface area contributed by atoms with Gasteiger partial charge in [0.2, 0.25) is 0 Å². The van der Waals surface area contributed by atoms with Crippen molar-refractivity contribution in [2.24, 2.45) is 0 Å². The van der Waals surface area contributed by atoms with Crippen molar-refractivity contribution in [1.82, 2.24) is 4.98 Å². The molecule has 0 atom stereocenters. The van der Waals surface area contributed by atoms with Crippen LogP contribution in [0.2, 0.25) is 0 Å². The number of nitrogens with one attached hydrogen (secondary N) is 1. The number of carbonyl (C=O) groups excluding carboxylic acids is 2. The SMILES string of the molecule is COC(=O)c1cc(=O)cc(C(C)=O)[nH]1. The number of methoxy groups -OCH3 is 1. The topological polar surface area (TPSA) is 76.2 Å². The van der Waals surface area contributed by atoms with Crippen LogP contribution < -0.4 is 5.43 Å². The van der Waals surface area contributed by atoms with Crippen LogP contribution in [0.5, 0.6) is 0 Å². The predicted molar refractivity (Wildman–Crippen MR) is 48.4 cm³/mol. The Labute approximate surface area is 79.7 Å². The van der Waals surface area contributed by atoms with Crippen LogP contribution in [0.1, 0.15) is 27.9 Å². The van der Waals surface area contributed by atoms with Crippen LogP contribution in [0.25, 0.3) is 0 Å². The van der Waals surface area contributed by atoms with Gasteiger partial charge in [-0.05, 0) is 0 Å². The van der Waals surface area contributed by atoms with Crippen LogP contribution in [0.3, 0.4) is 0 Å². The highest BCUT2D eigenvalue weighted by atomic mass is 16.5. The fraction of sp³-hybridized carbons (Fsp3) is 0.222. The summed E-state index contributed by atoms with van der Waals surface area (Å²) in [5.74, 6) is -0.988. The van der Waals surface area contributed by atoms with Crippen molar-refractivity contribution in [3.05, 3.63) is 33.7 Å². The standard InChI is InChI=1S/C9H9NO4/c1-5(11)7-3-6(12)4-8(10-7)9(13)14-2/h3-4H,1-2H3,(H,10,12). The molecule has 0 aliphatic rings. The van der Waals surface area contributed by atoms with Crippen LogP contribution in [-0.4, -0.2) is 23.8 Å². The van der Waals surface area contributed by atoms with Gasteiger partial charge in [-0.15, -0.1) is 0 Å². The van der Waals surface area contributed by atoms with Crippen molar-refractivity contribution in [2.45, 2.75) is 6.92 Å². The van der Waals surface area contributed by atoms with E-state index in [0.717, 1.165) is 12.1 Å². The number of Topliss-reactive ketones (excluding diaryl/α,β-unsaturated/α-hetero) is 1. The summed E-state index contributed by atoms with van der Waals surface area (Å²) >= 11 is 0. The molecule has 0 aromatic carbocycles. The molecular weight excluding hydrogens is 186 g/mol. The molecule has 1 heterocycles. The fourth-order valence-corrected chi connectivity index (χ4v) is 0.953. The highest BCUT2D eigenvalue weighted by Gasteiger charge is 2.09. The summed E-state index contributed by atoms with van der Waals surface area (Å²) in [5, 5.41) is 0. The second-order valence-electron chi connectivity index (χ2n) is 2.69. The Morgan fingerprint density at radius 1 is 1.29 bits per heavy atom. The molecule has 1 rings (SSSR count). The van der Waals surface area contributed by atoms with Crippen molar-refractivity contribution < 1.29 is 14.3 Å². The molecule has 0 saturated carbocycles. The second kappa shape index (κ2) is 3.87. The van der Waals surface area contributed by atoms with E-state index in [1.807, 2.05) is 0 Å². The van der Waals surface area contributed by atoms with Gasteiger partial charge in [-0.25, -0.2) is 4.79 Å². The Morgan fingerprint density at radius 3 is 2.36 bits per heavy atom. The summed E-state index contributed by atoms with van der Waals surface area (Å²) in [7, 11) is 1.20. The van der Waals surface area contributed by atoms with E-state index in [0.29, 0.717) is 0 Å². The van der Waals surface area contributed by atoms with E-state index < -0.39 is 11.4 Å². The molecule has 0 aliphatic carbocycles. The first-order chi connectivity index (χ1) is 6.54. The predicted octanol–water partition coefficient (Wildman–Crippen LogP) is 0.364. The lowest BCUT2D eigenvalue weighted by atomic mass is 10.2. The number of ketones is 1. The first kappa shape index (κ1) is 10.2. The lowest BCUT2D eigenvalue weighted by Gasteiger charge is -2.00. The Hall–Kier alpha value is -1.91. The van der Waals surface area contributed by atoms with Crippen molar-refractivity contribution in [3.63, 3.8) is 0 Å². The summed E-state index contributed by atoms with van der Waals surface area (Å²) in [6.07, 6.45) is 0. The van der Waals surface area contributed by atoms with Crippen molar-refractivity contribution in [3.8, 4) is 0 Å². The van der Waals surface area contributed by atoms with Crippen LogP contribution in [0.15, 0.2) is 16.9 Å². The van der Waals surface area contributed by atoms with Crippen LogP contribution in [-0.2, 0) is 4.74 Å². The van der Waals surface area contributed by atoms with Gasteiger partial charge >= 0.3 is 5.97 Å². The number of hydrogen-bond donors (Lipinski definition) is 1. The largest absolute Gasteiger partial charge is 0.464 e. The molecule has 0 fully saturated rings. The molecule has 14 heavy (non-hydrogen) atoms. The summed E-state index contributed by atoms with van der Waals surface area (Å²) in [5.41, 5.74) is -0.336. The Kier molecular flexibility index (Phi) is 2.81. The van der Waals surface area contributed by atoms with Crippen LogP contribution in [0, 0.1) is 0 Å². The zero-order chi connectivity index (χ0) is 10.7. The van der Waals surface area contributed by atoms with E-state index in [-0.39, 0.29) is 17.2 Å². The first-order valence-corrected chi connectivity index (χ1v) is 3.88. The van der Waals surface area contributed by atoms with Gasteiger partial charge in [0.25, 0.3) is 0 Å². The van der Waals surface area contributed by atoms with Gasteiger partial charge in [-0.1, -0.05) is 0 Å². The lowest BCUT2D eigenvalue weighted by Crippen LogP contribution is -2.14. The molecule has 1 N–H and O–H groups in total. The number of aromatic amines is 1. The van der Waals surface area contributed by atoms with E-state index in [1.54, 1.807) is 0 Å². The molecular formula is C9H9NO4. The minimum atomic E-state index is -0.676. The lowest BCUT2D eigenvalue weighted by molar-refractivity contribution is 0.0594. The van der Waals surface area contributed by atoms with E-state index in [9.17, 15) is 14.4 Å². The van der Waals surface area contributed by atoms with Gasteiger partial charge in [0.1, 0.15) is 5.69 Å². The van der Waals surface area contributed by atoms with E-state index >= 15 is 0 Å². The molecule has 0 amide bonds. The Balaban J connectivity index is 3.27. The second-order valence-corrected chi connectivity index (χ2v) is 2.69. The number of H-pyrrole nitrogens is 1. The maximum absolute atomic E-state index is 11.1. The molecule has 74 valence electrons. The van der Waals surface area contributed by atoms with Gasteiger partial charge in [0.15, 0.2) is 11.2 Å². The van der Waals surface area contributed by atoms with Crippen molar-refractivity contribution in [2.75, 3.05) is 7.11 Å². The smallest absolute Gasteiger partial charge is 0.354 e. The Bertz CT molecular complexity index is 433. The van der Waals surface area contributed by atoms with Gasteiger partial charge < -0.3 is 9.72 Å². The third kappa shape index (κ3) is 2.07. The normalized spacial score (nSPS) is 9.57. The summed E-state index contributed by atoms with van der Waals surface area (Å²) in [4.78, 5) is 35.5. The maximum atomic E-state index is 11.1.